The molecular weight excluding hydrogens is 150 g/mol. The van der Waals surface area contributed by atoms with E-state index in [1.807, 2.05) is 12.1 Å². The van der Waals surface area contributed by atoms with Gasteiger partial charge < -0.3 is 0 Å². The Morgan fingerprint density at radius 3 is 2.83 bits per heavy atom. The van der Waals surface area contributed by atoms with Crippen LogP contribution in [0.5, 0.6) is 0 Å². The summed E-state index contributed by atoms with van der Waals surface area (Å²) in [6.45, 7) is 4.27. The van der Waals surface area contributed by atoms with Crippen molar-refractivity contribution in [1.82, 2.24) is 4.98 Å². The average Bonchev–Trinajstić information content (AvgIpc) is 2.03. The smallest absolute Gasteiger partial charge is 0.168 e. The van der Waals surface area contributed by atoms with Gasteiger partial charge in [0.25, 0.3) is 0 Å². The lowest BCUT2D eigenvalue weighted by molar-refractivity contribution is 0.111. The molecule has 0 aliphatic rings. The molecule has 0 spiro atoms. The predicted molar refractivity (Wildman–Crippen MR) is 48.2 cm³/mol. The van der Waals surface area contributed by atoms with Crippen LogP contribution < -0.4 is 0 Å². The summed E-state index contributed by atoms with van der Waals surface area (Å²) in [6, 6.07) is 5.54. The van der Waals surface area contributed by atoms with Crippen LogP contribution in [0.15, 0.2) is 18.2 Å². The minimum atomic E-state index is 0.521. The number of aldehydes is 1. The summed E-state index contributed by atoms with van der Waals surface area (Å²) < 4.78 is 0. The Bertz CT molecular complexity index is 268. The zero-order valence-corrected chi connectivity index (χ0v) is 7.45. The van der Waals surface area contributed by atoms with Crippen LogP contribution in [0.2, 0.25) is 0 Å². The summed E-state index contributed by atoms with van der Waals surface area (Å²) >= 11 is 0. The standard InChI is InChI=1S/C10H13NO/c1-8(2)6-9-4-3-5-10(7-12)11-9/h3-5,7-8H,6H2,1-2H3. The molecule has 0 atom stereocenters. The van der Waals surface area contributed by atoms with E-state index in [0.717, 1.165) is 18.4 Å². The van der Waals surface area contributed by atoms with Crippen molar-refractivity contribution in [3.8, 4) is 0 Å². The number of rotatable bonds is 3. The van der Waals surface area contributed by atoms with E-state index in [1.54, 1.807) is 6.07 Å². The quantitative estimate of drug-likeness (QED) is 0.639. The van der Waals surface area contributed by atoms with E-state index < -0.39 is 0 Å². The van der Waals surface area contributed by atoms with Crippen LogP contribution in [-0.2, 0) is 6.42 Å². The van der Waals surface area contributed by atoms with Crippen LogP contribution in [0.25, 0.3) is 0 Å². The van der Waals surface area contributed by atoms with Gasteiger partial charge in [-0.2, -0.15) is 0 Å². The molecule has 0 saturated heterocycles. The summed E-state index contributed by atoms with van der Waals surface area (Å²) in [4.78, 5) is 14.5. The van der Waals surface area contributed by atoms with Gasteiger partial charge in [0.2, 0.25) is 0 Å². The molecule has 0 bridgehead atoms. The lowest BCUT2D eigenvalue weighted by atomic mass is 10.1. The first-order chi connectivity index (χ1) is 5.72. The van der Waals surface area contributed by atoms with Crippen molar-refractivity contribution < 1.29 is 4.79 Å². The minimum absolute atomic E-state index is 0.521. The number of nitrogens with zero attached hydrogens (tertiary/aromatic N) is 1. The van der Waals surface area contributed by atoms with Gasteiger partial charge in [-0.25, -0.2) is 0 Å². The van der Waals surface area contributed by atoms with E-state index in [4.69, 9.17) is 0 Å². The largest absolute Gasteiger partial charge is 0.296 e. The van der Waals surface area contributed by atoms with Gasteiger partial charge in [-0.05, 0) is 24.5 Å². The second-order valence-electron chi connectivity index (χ2n) is 3.27. The van der Waals surface area contributed by atoms with Crippen LogP contribution in [0.4, 0.5) is 0 Å². The fourth-order valence-corrected chi connectivity index (χ4v) is 1.10. The highest BCUT2D eigenvalue weighted by atomic mass is 16.1. The maximum absolute atomic E-state index is 10.4. The van der Waals surface area contributed by atoms with E-state index in [2.05, 4.69) is 18.8 Å². The number of carbonyl (C=O) groups excluding carboxylic acids is 1. The summed E-state index contributed by atoms with van der Waals surface area (Å²) in [5.74, 6) is 0.583. The molecule has 0 amide bonds. The van der Waals surface area contributed by atoms with Gasteiger partial charge in [0.1, 0.15) is 5.69 Å². The molecule has 0 radical (unpaired) electrons. The second-order valence-corrected chi connectivity index (χ2v) is 3.27. The first-order valence-electron chi connectivity index (χ1n) is 4.13. The maximum Gasteiger partial charge on any atom is 0.168 e. The fraction of sp³-hybridized carbons (Fsp3) is 0.400. The number of hydrogen-bond acceptors (Lipinski definition) is 2. The molecule has 0 N–H and O–H groups in total. The summed E-state index contributed by atoms with van der Waals surface area (Å²) in [6.07, 6.45) is 1.71. The monoisotopic (exact) mass is 163 g/mol. The maximum atomic E-state index is 10.4. The average molecular weight is 163 g/mol. The van der Waals surface area contributed by atoms with Gasteiger partial charge in [-0.1, -0.05) is 19.9 Å². The summed E-state index contributed by atoms with van der Waals surface area (Å²) in [5.41, 5.74) is 1.52. The first-order valence-corrected chi connectivity index (χ1v) is 4.13. The second kappa shape index (κ2) is 4.00. The molecule has 0 saturated carbocycles. The van der Waals surface area contributed by atoms with E-state index in [1.165, 1.54) is 0 Å². The predicted octanol–water partition coefficient (Wildman–Crippen LogP) is 2.09. The highest BCUT2D eigenvalue weighted by molar-refractivity contribution is 5.71. The van der Waals surface area contributed by atoms with Crippen molar-refractivity contribution in [3.63, 3.8) is 0 Å². The highest BCUT2D eigenvalue weighted by Gasteiger charge is 1.99. The van der Waals surface area contributed by atoms with Crippen molar-refractivity contribution >= 4 is 6.29 Å². The van der Waals surface area contributed by atoms with Gasteiger partial charge in [-0.3, -0.25) is 9.78 Å². The Labute approximate surface area is 72.6 Å². The lowest BCUT2D eigenvalue weighted by Crippen LogP contribution is -1.98. The molecule has 2 heteroatoms. The van der Waals surface area contributed by atoms with Crippen molar-refractivity contribution in [2.45, 2.75) is 20.3 Å². The molecular formula is C10H13NO. The summed E-state index contributed by atoms with van der Waals surface area (Å²) in [5, 5.41) is 0. The van der Waals surface area contributed by atoms with Gasteiger partial charge >= 0.3 is 0 Å². The van der Waals surface area contributed by atoms with E-state index in [9.17, 15) is 4.79 Å². The van der Waals surface area contributed by atoms with Gasteiger partial charge in [-0.15, -0.1) is 0 Å². The third kappa shape index (κ3) is 2.46. The van der Waals surface area contributed by atoms with Crippen molar-refractivity contribution in [3.05, 3.63) is 29.6 Å². The summed E-state index contributed by atoms with van der Waals surface area (Å²) in [7, 11) is 0. The Morgan fingerprint density at radius 1 is 1.50 bits per heavy atom. The molecule has 2 nitrogen and oxygen atoms in total. The number of aromatic nitrogens is 1. The number of pyridine rings is 1. The molecule has 0 unspecified atom stereocenters. The Hall–Kier alpha value is -1.18. The van der Waals surface area contributed by atoms with E-state index in [-0.39, 0.29) is 0 Å². The van der Waals surface area contributed by atoms with Gasteiger partial charge in [0.05, 0.1) is 0 Å². The molecule has 1 heterocycles. The SMILES string of the molecule is CC(C)Cc1cccc(C=O)n1. The Morgan fingerprint density at radius 2 is 2.25 bits per heavy atom. The third-order valence-corrected chi connectivity index (χ3v) is 1.57. The lowest BCUT2D eigenvalue weighted by Gasteiger charge is -2.03. The first kappa shape index (κ1) is 8.91. The molecule has 64 valence electrons. The van der Waals surface area contributed by atoms with Gasteiger partial charge in [0.15, 0.2) is 6.29 Å². The Kier molecular flexibility index (Phi) is 2.97. The number of hydrogen-bond donors (Lipinski definition) is 0. The van der Waals surface area contributed by atoms with Crippen LogP contribution in [-0.4, -0.2) is 11.3 Å². The van der Waals surface area contributed by atoms with Crippen molar-refractivity contribution in [1.29, 1.82) is 0 Å². The molecule has 12 heavy (non-hydrogen) atoms. The van der Waals surface area contributed by atoms with E-state index >= 15 is 0 Å². The van der Waals surface area contributed by atoms with E-state index in [0.29, 0.717) is 11.6 Å². The zero-order chi connectivity index (χ0) is 8.97. The number of carbonyl (C=O) groups is 1. The van der Waals surface area contributed by atoms with Gasteiger partial charge in [0, 0.05) is 5.69 Å². The van der Waals surface area contributed by atoms with Crippen LogP contribution in [0.3, 0.4) is 0 Å². The molecule has 0 aliphatic carbocycles. The molecule has 1 aromatic heterocycles. The van der Waals surface area contributed by atoms with Crippen LogP contribution >= 0.6 is 0 Å². The van der Waals surface area contributed by atoms with Crippen molar-refractivity contribution in [2.75, 3.05) is 0 Å². The molecule has 0 aromatic carbocycles. The zero-order valence-electron chi connectivity index (χ0n) is 7.45. The third-order valence-electron chi connectivity index (χ3n) is 1.57. The molecule has 1 rings (SSSR count). The topological polar surface area (TPSA) is 30.0 Å². The normalized spacial score (nSPS) is 10.2. The highest BCUT2D eigenvalue weighted by Crippen LogP contribution is 2.05. The van der Waals surface area contributed by atoms with Crippen LogP contribution in [0, 0.1) is 5.92 Å². The Balaban J connectivity index is 2.79. The van der Waals surface area contributed by atoms with Crippen LogP contribution in [0.1, 0.15) is 30.0 Å². The molecule has 0 aliphatic heterocycles. The fourth-order valence-electron chi connectivity index (χ4n) is 1.10. The molecule has 1 aromatic rings. The molecule has 0 fully saturated rings. The van der Waals surface area contributed by atoms with Crippen molar-refractivity contribution in [2.24, 2.45) is 5.92 Å². The minimum Gasteiger partial charge on any atom is -0.296 e.